The summed E-state index contributed by atoms with van der Waals surface area (Å²) in [7, 11) is 1.83. The number of carbonyl (C=O) groups excluding carboxylic acids is 1. The van der Waals surface area contributed by atoms with Gasteiger partial charge in [0.1, 0.15) is 6.04 Å². The number of nitrogens with zero attached hydrogens (tertiary/aromatic N) is 3. The predicted octanol–water partition coefficient (Wildman–Crippen LogP) is 1.77. The van der Waals surface area contributed by atoms with Crippen LogP contribution in [-0.4, -0.2) is 65.5 Å². The molecule has 1 aliphatic rings. The number of rotatable bonds is 6. The predicted molar refractivity (Wildman–Crippen MR) is 103 cm³/mol. The highest BCUT2D eigenvalue weighted by atomic mass is 35.5. The van der Waals surface area contributed by atoms with Gasteiger partial charge in [-0.3, -0.25) is 14.4 Å². The van der Waals surface area contributed by atoms with Gasteiger partial charge in [-0.15, -0.1) is 24.8 Å². The number of carbonyl (C=O) groups is 1. The van der Waals surface area contributed by atoms with Crippen LogP contribution in [0.1, 0.15) is 23.4 Å². The van der Waals surface area contributed by atoms with Crippen molar-refractivity contribution in [1.29, 1.82) is 0 Å². The van der Waals surface area contributed by atoms with Gasteiger partial charge in [-0.25, -0.2) is 0 Å². The van der Waals surface area contributed by atoms with Gasteiger partial charge in [-0.1, -0.05) is 0 Å². The topological polar surface area (TPSA) is 62.2 Å². The Labute approximate surface area is 170 Å². The van der Waals surface area contributed by atoms with Gasteiger partial charge in [-0.05, 0) is 25.8 Å². The molecule has 2 heterocycles. The molecule has 1 amide bonds. The number of aromatic nitrogens is 2. The number of hydrogen-bond donors (Lipinski definition) is 2. The summed E-state index contributed by atoms with van der Waals surface area (Å²) in [5, 5.41) is 9.77. The first-order valence-electron chi connectivity index (χ1n) is 8.47. The third kappa shape index (κ3) is 7.14. The van der Waals surface area contributed by atoms with Crippen LogP contribution in [0.5, 0.6) is 0 Å². The summed E-state index contributed by atoms with van der Waals surface area (Å²) in [6, 6.07) is -1.64. The molecule has 2 rings (SSSR count). The molecule has 1 fully saturated rings. The average Bonchev–Trinajstić information content (AvgIpc) is 2.78. The van der Waals surface area contributed by atoms with Gasteiger partial charge in [0.05, 0.1) is 5.69 Å². The second-order valence-corrected chi connectivity index (χ2v) is 6.42. The van der Waals surface area contributed by atoms with Crippen molar-refractivity contribution in [3.63, 3.8) is 0 Å². The molecular weight excluding hydrogens is 406 g/mol. The first-order chi connectivity index (χ1) is 11.7. The lowest BCUT2D eigenvalue weighted by Gasteiger charge is -2.35. The Hall–Kier alpha value is -1.03. The largest absolute Gasteiger partial charge is 0.405 e. The Balaban J connectivity index is 0.00000338. The molecule has 158 valence electrons. The van der Waals surface area contributed by atoms with E-state index in [-0.39, 0.29) is 37.1 Å². The molecule has 0 radical (unpaired) electrons. The highest BCUT2D eigenvalue weighted by Gasteiger charge is 2.43. The van der Waals surface area contributed by atoms with Gasteiger partial charge in [0.25, 0.3) is 0 Å². The molecule has 1 atom stereocenters. The molecular formula is C16H28Cl2F3N5O. The van der Waals surface area contributed by atoms with Gasteiger partial charge in [0.2, 0.25) is 5.91 Å². The molecule has 0 spiro atoms. The third-order valence-electron chi connectivity index (χ3n) is 4.72. The van der Waals surface area contributed by atoms with Crippen LogP contribution >= 0.6 is 24.8 Å². The summed E-state index contributed by atoms with van der Waals surface area (Å²) in [6.45, 7) is 5.08. The second-order valence-electron chi connectivity index (χ2n) is 6.42. The molecule has 27 heavy (non-hydrogen) atoms. The van der Waals surface area contributed by atoms with Crippen molar-refractivity contribution in [3.8, 4) is 0 Å². The lowest BCUT2D eigenvalue weighted by Crippen LogP contribution is -2.57. The van der Waals surface area contributed by atoms with E-state index in [4.69, 9.17) is 0 Å². The van der Waals surface area contributed by atoms with Crippen molar-refractivity contribution in [2.24, 2.45) is 7.05 Å². The lowest BCUT2D eigenvalue weighted by molar-refractivity contribution is -0.184. The van der Waals surface area contributed by atoms with E-state index in [2.05, 4.69) is 15.7 Å². The van der Waals surface area contributed by atoms with E-state index in [1.807, 2.05) is 20.9 Å². The number of nitrogens with one attached hydrogen (secondary N) is 2. The summed E-state index contributed by atoms with van der Waals surface area (Å²) in [5.74, 6) is -0.368. The minimum Gasteiger partial charge on any atom is -0.354 e. The van der Waals surface area contributed by atoms with E-state index in [0.29, 0.717) is 32.6 Å². The maximum absolute atomic E-state index is 13.3. The van der Waals surface area contributed by atoms with E-state index >= 15 is 0 Å². The van der Waals surface area contributed by atoms with Crippen molar-refractivity contribution in [2.45, 2.75) is 38.9 Å². The number of hydrogen-bond acceptors (Lipinski definition) is 4. The zero-order chi connectivity index (χ0) is 18.6. The molecule has 1 aliphatic heterocycles. The van der Waals surface area contributed by atoms with E-state index in [0.717, 1.165) is 17.0 Å². The summed E-state index contributed by atoms with van der Waals surface area (Å²) in [6.07, 6.45) is -3.73. The van der Waals surface area contributed by atoms with Crippen LogP contribution in [0.3, 0.4) is 0 Å². The van der Waals surface area contributed by atoms with Crippen LogP contribution < -0.4 is 10.6 Å². The van der Waals surface area contributed by atoms with E-state index in [9.17, 15) is 18.0 Å². The van der Waals surface area contributed by atoms with Crippen LogP contribution in [0.25, 0.3) is 0 Å². The van der Waals surface area contributed by atoms with Crippen LogP contribution in [-0.2, 0) is 18.3 Å². The van der Waals surface area contributed by atoms with Crippen molar-refractivity contribution in [3.05, 3.63) is 17.0 Å². The van der Waals surface area contributed by atoms with Crippen molar-refractivity contribution < 1.29 is 18.0 Å². The normalized spacial score (nSPS) is 16.2. The number of alkyl halides is 3. The lowest BCUT2D eigenvalue weighted by atomic mass is 10.1. The molecule has 1 aromatic heterocycles. The fourth-order valence-electron chi connectivity index (χ4n) is 3.16. The maximum atomic E-state index is 13.3. The maximum Gasteiger partial charge on any atom is 0.405 e. The second kappa shape index (κ2) is 11.1. The van der Waals surface area contributed by atoms with E-state index in [1.165, 1.54) is 4.90 Å². The fourth-order valence-corrected chi connectivity index (χ4v) is 3.16. The molecule has 0 aliphatic carbocycles. The van der Waals surface area contributed by atoms with E-state index in [1.54, 1.807) is 4.68 Å². The van der Waals surface area contributed by atoms with Crippen LogP contribution in [0.15, 0.2) is 0 Å². The molecule has 1 aromatic rings. The Morgan fingerprint density at radius 3 is 2.33 bits per heavy atom. The Morgan fingerprint density at radius 2 is 1.85 bits per heavy atom. The molecule has 0 saturated carbocycles. The minimum absolute atomic E-state index is 0. The smallest absolute Gasteiger partial charge is 0.354 e. The van der Waals surface area contributed by atoms with Crippen molar-refractivity contribution in [1.82, 2.24) is 25.3 Å². The third-order valence-corrected chi connectivity index (χ3v) is 4.72. The first kappa shape index (κ1) is 26.0. The van der Waals surface area contributed by atoms with Gasteiger partial charge in [0.15, 0.2) is 0 Å². The SMILES string of the molecule is Cc1nn(C)c(C)c1CCC(=O)NCC(N1CCNCC1)C(F)(F)F.Cl.Cl. The molecule has 11 heteroatoms. The molecule has 0 bridgehead atoms. The number of aryl methyl sites for hydroxylation is 2. The summed E-state index contributed by atoms with van der Waals surface area (Å²) in [5.41, 5.74) is 2.80. The number of piperazine rings is 1. The zero-order valence-corrected chi connectivity index (χ0v) is 17.4. The fraction of sp³-hybridized carbons (Fsp3) is 0.750. The van der Waals surface area contributed by atoms with Crippen molar-refractivity contribution >= 4 is 30.7 Å². The zero-order valence-electron chi connectivity index (χ0n) is 15.7. The van der Waals surface area contributed by atoms with Crippen molar-refractivity contribution in [2.75, 3.05) is 32.7 Å². The van der Waals surface area contributed by atoms with E-state index < -0.39 is 18.8 Å². The minimum atomic E-state index is -4.36. The van der Waals surface area contributed by atoms with Gasteiger partial charge in [-0.2, -0.15) is 18.3 Å². The summed E-state index contributed by atoms with van der Waals surface area (Å²) in [4.78, 5) is 13.4. The quantitative estimate of drug-likeness (QED) is 0.717. The van der Waals surface area contributed by atoms with Crippen LogP contribution in [0.2, 0.25) is 0 Å². The summed E-state index contributed by atoms with van der Waals surface area (Å²) < 4.78 is 41.6. The average molecular weight is 434 g/mol. The van der Waals surface area contributed by atoms with Gasteiger partial charge < -0.3 is 10.6 Å². The molecule has 0 aromatic carbocycles. The Bertz CT molecular complexity index is 604. The monoisotopic (exact) mass is 433 g/mol. The highest BCUT2D eigenvalue weighted by Crippen LogP contribution is 2.24. The summed E-state index contributed by atoms with van der Waals surface area (Å²) >= 11 is 0. The highest BCUT2D eigenvalue weighted by molar-refractivity contribution is 5.85. The van der Waals surface area contributed by atoms with Crippen LogP contribution in [0.4, 0.5) is 13.2 Å². The van der Waals surface area contributed by atoms with Gasteiger partial charge >= 0.3 is 6.18 Å². The Morgan fingerprint density at radius 1 is 1.26 bits per heavy atom. The Kier molecular flexibility index (Phi) is 10.7. The number of amides is 1. The number of halogens is 5. The molecule has 1 unspecified atom stereocenters. The molecule has 2 N–H and O–H groups in total. The molecule has 1 saturated heterocycles. The first-order valence-corrected chi connectivity index (χ1v) is 8.47. The molecule has 6 nitrogen and oxygen atoms in total. The van der Waals surface area contributed by atoms with Gasteiger partial charge in [0, 0.05) is 51.9 Å². The standard InChI is InChI=1S/C16H26F3N5O.2ClH/c1-11-13(12(2)23(3)22-11)4-5-15(25)21-10-14(16(17,18)19)24-8-6-20-7-9-24;;/h14,20H,4-10H2,1-3H3,(H,21,25);2*1H. The van der Waals surface area contributed by atoms with Crippen LogP contribution in [0, 0.1) is 13.8 Å².